The Morgan fingerprint density at radius 3 is 2.50 bits per heavy atom. The molecule has 2 aromatic carbocycles. The summed E-state index contributed by atoms with van der Waals surface area (Å²) < 4.78 is 35.1. The van der Waals surface area contributed by atoms with Gasteiger partial charge >= 0.3 is 5.97 Å². The fraction of sp³-hybridized carbons (Fsp3) is 0.357. The zero-order valence-electron chi connectivity index (χ0n) is 21.9. The topological polar surface area (TPSA) is 117 Å². The van der Waals surface area contributed by atoms with Gasteiger partial charge in [0.2, 0.25) is 4.34 Å². The molecule has 2 N–H and O–H groups in total. The first-order valence-corrected chi connectivity index (χ1v) is 14.6. The van der Waals surface area contributed by atoms with Crippen molar-refractivity contribution in [1.29, 1.82) is 0 Å². The van der Waals surface area contributed by atoms with Crippen LogP contribution in [0.2, 0.25) is 0 Å². The molecule has 1 heterocycles. The highest BCUT2D eigenvalue weighted by molar-refractivity contribution is 7.94. The van der Waals surface area contributed by atoms with Crippen molar-refractivity contribution in [2.75, 3.05) is 10.8 Å². The van der Waals surface area contributed by atoms with Crippen LogP contribution in [0.1, 0.15) is 53.8 Å². The summed E-state index contributed by atoms with van der Waals surface area (Å²) in [7, 11) is -4.07. The van der Waals surface area contributed by atoms with Crippen LogP contribution in [-0.2, 0) is 34.3 Å². The monoisotopic (exact) mass is 556 g/mol. The van der Waals surface area contributed by atoms with Gasteiger partial charge in [0.15, 0.2) is 0 Å². The number of aliphatic hydroxyl groups is 1. The van der Waals surface area contributed by atoms with Crippen molar-refractivity contribution >= 4 is 39.1 Å². The summed E-state index contributed by atoms with van der Waals surface area (Å²) in [5, 5.41) is 21.3. The van der Waals surface area contributed by atoms with Crippen LogP contribution in [0.3, 0.4) is 0 Å². The van der Waals surface area contributed by atoms with Gasteiger partial charge in [-0.25, -0.2) is 9.78 Å². The van der Waals surface area contributed by atoms with E-state index in [0.717, 1.165) is 64.5 Å². The molecule has 0 fully saturated rings. The molecule has 8 nitrogen and oxygen atoms in total. The summed E-state index contributed by atoms with van der Waals surface area (Å²) in [6.45, 7) is 6.81. The molecule has 0 amide bonds. The van der Waals surface area contributed by atoms with Gasteiger partial charge in [-0.2, -0.15) is 8.42 Å². The predicted molar refractivity (Wildman–Crippen MR) is 148 cm³/mol. The Labute approximate surface area is 227 Å². The number of aromatic nitrogens is 1. The van der Waals surface area contributed by atoms with Crippen LogP contribution < -0.4 is 9.04 Å². The van der Waals surface area contributed by atoms with Crippen molar-refractivity contribution in [2.45, 2.75) is 63.5 Å². The lowest BCUT2D eigenvalue weighted by Crippen LogP contribution is -2.42. The molecule has 0 unspecified atom stereocenters. The molecule has 0 atom stereocenters. The van der Waals surface area contributed by atoms with Crippen LogP contribution in [-0.4, -0.2) is 41.7 Å². The average molecular weight is 557 g/mol. The number of sulfonamides is 1. The van der Waals surface area contributed by atoms with E-state index < -0.39 is 21.6 Å². The minimum absolute atomic E-state index is 0.0356. The molecular weight excluding hydrogens is 524 g/mol. The number of rotatable bonds is 10. The zero-order valence-corrected chi connectivity index (χ0v) is 23.5. The fourth-order valence-corrected chi connectivity index (χ4v) is 7.16. The molecule has 38 heavy (non-hydrogen) atoms. The summed E-state index contributed by atoms with van der Waals surface area (Å²) in [6, 6.07) is 9.33. The standard InChI is InChI=1S/C28H32N2O6S2/c1-18-12-20(9-11-26(31)32)8-10-23(18)15-36-25-14-22-7-5-6-21(22)13-24(25)30(17-28(3,4)33)38(34,35)27-29-19(2)16-37-27/h8-14,16,33H,5-7,15,17H2,1-4H3,(H,31,32). The molecule has 0 saturated heterocycles. The van der Waals surface area contributed by atoms with Crippen LogP contribution in [0.25, 0.3) is 6.08 Å². The third kappa shape index (κ3) is 6.43. The van der Waals surface area contributed by atoms with Gasteiger partial charge in [0, 0.05) is 17.2 Å². The smallest absolute Gasteiger partial charge is 0.328 e. The van der Waals surface area contributed by atoms with Crippen molar-refractivity contribution < 1.29 is 28.2 Å². The lowest BCUT2D eigenvalue weighted by molar-refractivity contribution is -0.131. The number of nitrogens with zero attached hydrogens (tertiary/aromatic N) is 2. The van der Waals surface area contributed by atoms with E-state index >= 15 is 0 Å². The normalized spacial score (nSPS) is 13.6. The van der Waals surface area contributed by atoms with E-state index in [-0.39, 0.29) is 17.5 Å². The third-order valence-electron chi connectivity index (χ3n) is 6.25. The van der Waals surface area contributed by atoms with Gasteiger partial charge < -0.3 is 14.9 Å². The number of thiazole rings is 1. The summed E-state index contributed by atoms with van der Waals surface area (Å²) in [4.78, 5) is 15.1. The molecule has 0 saturated carbocycles. The molecule has 0 spiro atoms. The molecule has 1 aliphatic carbocycles. The van der Waals surface area contributed by atoms with E-state index in [1.54, 1.807) is 26.2 Å². The van der Waals surface area contributed by atoms with Gasteiger partial charge in [0.1, 0.15) is 12.4 Å². The SMILES string of the molecule is Cc1csc(S(=O)(=O)N(CC(C)(C)O)c2cc3c(cc2OCc2ccc(C=CC(=O)O)cc2C)CCC3)n1. The molecule has 0 bridgehead atoms. The lowest BCUT2D eigenvalue weighted by Gasteiger charge is -2.31. The molecule has 0 radical (unpaired) electrons. The summed E-state index contributed by atoms with van der Waals surface area (Å²) in [5.41, 5.74) is 4.43. The largest absolute Gasteiger partial charge is 0.487 e. The van der Waals surface area contributed by atoms with Crippen LogP contribution in [0.15, 0.2) is 46.1 Å². The molecule has 3 aromatic rings. The number of carbonyl (C=O) groups is 1. The van der Waals surface area contributed by atoms with Crippen molar-refractivity contribution in [3.05, 3.63) is 75.3 Å². The van der Waals surface area contributed by atoms with E-state index in [1.165, 1.54) is 10.4 Å². The van der Waals surface area contributed by atoms with Crippen molar-refractivity contribution in [3.63, 3.8) is 0 Å². The van der Waals surface area contributed by atoms with Crippen LogP contribution >= 0.6 is 11.3 Å². The Kier molecular flexibility index (Phi) is 7.96. The molecule has 10 heteroatoms. The number of aryl methyl sites for hydroxylation is 4. The van der Waals surface area contributed by atoms with Gasteiger partial charge in [0.25, 0.3) is 10.0 Å². The Hall–Kier alpha value is -3.21. The maximum Gasteiger partial charge on any atom is 0.328 e. The average Bonchev–Trinajstić information content (AvgIpc) is 3.48. The second-order valence-electron chi connectivity index (χ2n) is 10.2. The molecule has 1 aliphatic rings. The third-order valence-corrected chi connectivity index (χ3v) is 9.36. The molecule has 4 rings (SSSR count). The highest BCUT2D eigenvalue weighted by atomic mass is 32.2. The van der Waals surface area contributed by atoms with E-state index in [4.69, 9.17) is 9.84 Å². The second-order valence-corrected chi connectivity index (χ2v) is 13.1. The molecule has 202 valence electrons. The Morgan fingerprint density at radius 1 is 1.18 bits per heavy atom. The number of aliphatic carboxylic acids is 1. The van der Waals surface area contributed by atoms with E-state index in [2.05, 4.69) is 4.98 Å². The molecule has 1 aromatic heterocycles. The maximum absolute atomic E-state index is 13.8. The number of hydrogen-bond donors (Lipinski definition) is 2. The maximum atomic E-state index is 13.8. The van der Waals surface area contributed by atoms with Crippen molar-refractivity contribution in [1.82, 2.24) is 4.98 Å². The minimum Gasteiger partial charge on any atom is -0.487 e. The van der Waals surface area contributed by atoms with Gasteiger partial charge in [0.05, 0.1) is 17.8 Å². The highest BCUT2D eigenvalue weighted by Gasteiger charge is 2.35. The summed E-state index contributed by atoms with van der Waals surface area (Å²) in [5.74, 6) is -0.598. The first-order valence-electron chi connectivity index (χ1n) is 12.3. The first-order chi connectivity index (χ1) is 17.8. The zero-order chi connectivity index (χ0) is 27.7. The van der Waals surface area contributed by atoms with E-state index in [0.29, 0.717) is 17.1 Å². The Bertz CT molecular complexity index is 1490. The number of carboxylic acid groups (broad SMARTS) is 1. The van der Waals surface area contributed by atoms with Crippen molar-refractivity contribution in [3.8, 4) is 5.75 Å². The number of anilines is 1. The number of benzene rings is 2. The van der Waals surface area contributed by atoms with E-state index in [9.17, 15) is 18.3 Å². The number of fused-ring (bicyclic) bond motifs is 1. The van der Waals surface area contributed by atoms with Crippen LogP contribution in [0, 0.1) is 13.8 Å². The quantitative estimate of drug-likeness (QED) is 0.342. The molecule has 0 aliphatic heterocycles. The minimum atomic E-state index is -4.07. The van der Waals surface area contributed by atoms with E-state index in [1.807, 2.05) is 37.3 Å². The van der Waals surface area contributed by atoms with Crippen LogP contribution in [0.4, 0.5) is 5.69 Å². The first kappa shape index (κ1) is 27.8. The summed E-state index contributed by atoms with van der Waals surface area (Å²) >= 11 is 1.05. The number of ether oxygens (including phenoxy) is 1. The second kappa shape index (κ2) is 10.9. The van der Waals surface area contributed by atoms with Crippen LogP contribution in [0.5, 0.6) is 5.75 Å². The molecular formula is C28H32N2O6S2. The highest BCUT2D eigenvalue weighted by Crippen LogP contribution is 2.40. The number of hydrogen-bond acceptors (Lipinski definition) is 7. The Morgan fingerprint density at radius 2 is 1.89 bits per heavy atom. The fourth-order valence-electron chi connectivity index (χ4n) is 4.40. The van der Waals surface area contributed by atoms with Gasteiger partial charge in [-0.05, 0) is 93.0 Å². The predicted octanol–water partition coefficient (Wildman–Crippen LogP) is 4.89. The number of carboxylic acids is 1. The van der Waals surface area contributed by atoms with Crippen molar-refractivity contribution in [2.24, 2.45) is 0 Å². The van der Waals surface area contributed by atoms with Gasteiger partial charge in [-0.15, -0.1) is 11.3 Å². The van der Waals surface area contributed by atoms with Gasteiger partial charge in [-0.3, -0.25) is 4.31 Å². The summed E-state index contributed by atoms with van der Waals surface area (Å²) in [6.07, 6.45) is 5.33. The Balaban J connectivity index is 1.73. The lowest BCUT2D eigenvalue weighted by atomic mass is 10.0. The van der Waals surface area contributed by atoms with Gasteiger partial charge in [-0.1, -0.05) is 18.2 Å².